The van der Waals surface area contributed by atoms with E-state index in [1.54, 1.807) is 24.3 Å². The molecule has 1 amide bonds. The Kier molecular flexibility index (Phi) is 6.55. The number of hydrogen-bond acceptors (Lipinski definition) is 5. The number of thiazole rings is 1. The molecule has 1 atom stereocenters. The zero-order valence-corrected chi connectivity index (χ0v) is 16.6. The van der Waals surface area contributed by atoms with E-state index in [0.717, 1.165) is 10.6 Å². The lowest BCUT2D eigenvalue weighted by Crippen LogP contribution is -2.45. The maximum atomic E-state index is 12.5. The Morgan fingerprint density at radius 3 is 2.32 bits per heavy atom. The molecule has 0 aliphatic heterocycles. The molecule has 144 valence electrons. The lowest BCUT2D eigenvalue weighted by molar-refractivity contribution is -0.148. The normalized spacial score (nSPS) is 11.8. The van der Waals surface area contributed by atoms with E-state index in [2.05, 4.69) is 10.3 Å². The van der Waals surface area contributed by atoms with Crippen LogP contribution in [0.1, 0.15) is 29.9 Å². The highest BCUT2D eigenvalue weighted by Crippen LogP contribution is 2.23. The Morgan fingerprint density at radius 1 is 1.04 bits per heavy atom. The molecule has 1 heterocycles. The monoisotopic (exact) mass is 394 g/mol. The van der Waals surface area contributed by atoms with Gasteiger partial charge in [0.25, 0.3) is 5.91 Å². The molecule has 6 heteroatoms. The molecular weight excluding hydrogens is 372 g/mol. The SMILES string of the molecule is CC(C)[C@H](NC(=O)c1ccccc1)C(=O)OCc1csc(-c2ccccc2)n1. The largest absolute Gasteiger partial charge is 0.458 e. The van der Waals surface area contributed by atoms with Gasteiger partial charge in [-0.2, -0.15) is 0 Å². The van der Waals surface area contributed by atoms with Gasteiger partial charge in [0.15, 0.2) is 0 Å². The van der Waals surface area contributed by atoms with Crippen molar-refractivity contribution in [3.8, 4) is 10.6 Å². The van der Waals surface area contributed by atoms with Crippen LogP contribution in [0.4, 0.5) is 0 Å². The summed E-state index contributed by atoms with van der Waals surface area (Å²) in [6.45, 7) is 3.81. The molecule has 0 aliphatic rings. The van der Waals surface area contributed by atoms with E-state index in [-0.39, 0.29) is 18.4 Å². The molecule has 3 aromatic rings. The van der Waals surface area contributed by atoms with Gasteiger partial charge in [-0.05, 0) is 18.1 Å². The number of ether oxygens (including phenoxy) is 1. The van der Waals surface area contributed by atoms with Gasteiger partial charge in [0.2, 0.25) is 0 Å². The fourth-order valence-electron chi connectivity index (χ4n) is 2.63. The fourth-order valence-corrected chi connectivity index (χ4v) is 3.44. The van der Waals surface area contributed by atoms with E-state index in [0.29, 0.717) is 11.3 Å². The highest BCUT2D eigenvalue weighted by atomic mass is 32.1. The number of nitrogens with one attached hydrogen (secondary N) is 1. The number of esters is 1. The Labute approximate surface area is 168 Å². The quantitative estimate of drug-likeness (QED) is 0.607. The Morgan fingerprint density at radius 2 is 1.68 bits per heavy atom. The first-order chi connectivity index (χ1) is 13.5. The molecule has 5 nitrogen and oxygen atoms in total. The van der Waals surface area contributed by atoms with Crippen LogP contribution in [-0.2, 0) is 16.1 Å². The van der Waals surface area contributed by atoms with E-state index in [1.807, 2.05) is 55.6 Å². The third kappa shape index (κ3) is 5.04. The molecule has 0 radical (unpaired) electrons. The number of hydrogen-bond donors (Lipinski definition) is 1. The molecule has 0 spiro atoms. The molecule has 0 bridgehead atoms. The van der Waals surface area contributed by atoms with Crippen LogP contribution < -0.4 is 5.32 Å². The summed E-state index contributed by atoms with van der Waals surface area (Å²) >= 11 is 1.50. The van der Waals surface area contributed by atoms with Gasteiger partial charge in [-0.15, -0.1) is 11.3 Å². The number of aromatic nitrogens is 1. The number of rotatable bonds is 7. The van der Waals surface area contributed by atoms with Crippen LogP contribution >= 0.6 is 11.3 Å². The molecule has 1 N–H and O–H groups in total. The van der Waals surface area contributed by atoms with Crippen LogP contribution in [0.3, 0.4) is 0 Å². The van der Waals surface area contributed by atoms with Crippen LogP contribution in [0.5, 0.6) is 0 Å². The first-order valence-electron chi connectivity index (χ1n) is 9.07. The van der Waals surface area contributed by atoms with Gasteiger partial charge >= 0.3 is 5.97 Å². The highest BCUT2D eigenvalue weighted by Gasteiger charge is 2.26. The van der Waals surface area contributed by atoms with Crippen molar-refractivity contribution < 1.29 is 14.3 Å². The van der Waals surface area contributed by atoms with Crippen LogP contribution in [0.15, 0.2) is 66.0 Å². The van der Waals surface area contributed by atoms with E-state index in [9.17, 15) is 9.59 Å². The van der Waals surface area contributed by atoms with Crippen molar-refractivity contribution in [3.05, 3.63) is 77.3 Å². The number of carbonyl (C=O) groups excluding carboxylic acids is 2. The Balaban J connectivity index is 1.60. The van der Waals surface area contributed by atoms with Gasteiger partial charge in [-0.1, -0.05) is 62.4 Å². The van der Waals surface area contributed by atoms with Crippen molar-refractivity contribution in [2.24, 2.45) is 5.92 Å². The molecule has 2 aromatic carbocycles. The lowest BCUT2D eigenvalue weighted by Gasteiger charge is -2.20. The smallest absolute Gasteiger partial charge is 0.329 e. The third-order valence-electron chi connectivity index (χ3n) is 4.18. The van der Waals surface area contributed by atoms with Crippen LogP contribution in [0.25, 0.3) is 10.6 Å². The Hall–Kier alpha value is -2.99. The van der Waals surface area contributed by atoms with E-state index in [4.69, 9.17) is 4.74 Å². The van der Waals surface area contributed by atoms with Gasteiger partial charge in [0.05, 0.1) is 5.69 Å². The molecule has 0 saturated carbocycles. The van der Waals surface area contributed by atoms with Crippen LogP contribution in [-0.4, -0.2) is 22.9 Å². The molecule has 28 heavy (non-hydrogen) atoms. The zero-order chi connectivity index (χ0) is 19.9. The molecule has 3 rings (SSSR count). The summed E-state index contributed by atoms with van der Waals surface area (Å²) in [7, 11) is 0. The molecule has 1 aromatic heterocycles. The second kappa shape index (κ2) is 9.28. The summed E-state index contributed by atoms with van der Waals surface area (Å²) in [6, 6.07) is 17.9. The van der Waals surface area contributed by atoms with Crippen molar-refractivity contribution in [3.63, 3.8) is 0 Å². The van der Waals surface area contributed by atoms with E-state index < -0.39 is 12.0 Å². The van der Waals surface area contributed by atoms with Crippen molar-refractivity contribution in [2.75, 3.05) is 0 Å². The van der Waals surface area contributed by atoms with Crippen LogP contribution in [0, 0.1) is 5.92 Å². The van der Waals surface area contributed by atoms with E-state index >= 15 is 0 Å². The average Bonchev–Trinajstić information content (AvgIpc) is 3.20. The molecule has 0 saturated heterocycles. The summed E-state index contributed by atoms with van der Waals surface area (Å²) in [6.07, 6.45) is 0. The van der Waals surface area contributed by atoms with Crippen LogP contribution in [0.2, 0.25) is 0 Å². The topological polar surface area (TPSA) is 68.3 Å². The van der Waals surface area contributed by atoms with E-state index in [1.165, 1.54) is 11.3 Å². The number of benzene rings is 2. The minimum atomic E-state index is -0.722. The minimum Gasteiger partial charge on any atom is -0.458 e. The average molecular weight is 394 g/mol. The second-order valence-corrected chi connectivity index (χ2v) is 7.54. The number of carbonyl (C=O) groups is 2. The highest BCUT2D eigenvalue weighted by molar-refractivity contribution is 7.13. The van der Waals surface area contributed by atoms with Crippen molar-refractivity contribution in [1.29, 1.82) is 0 Å². The Bertz CT molecular complexity index is 923. The molecule has 0 aliphatic carbocycles. The summed E-state index contributed by atoms with van der Waals surface area (Å²) in [4.78, 5) is 29.4. The molecule has 0 unspecified atom stereocenters. The minimum absolute atomic E-state index is 0.0760. The number of nitrogens with zero attached hydrogens (tertiary/aromatic N) is 1. The number of amides is 1. The van der Waals surface area contributed by atoms with Gasteiger partial charge in [0, 0.05) is 16.5 Å². The summed E-state index contributed by atoms with van der Waals surface area (Å²) < 4.78 is 5.43. The van der Waals surface area contributed by atoms with Gasteiger partial charge < -0.3 is 10.1 Å². The van der Waals surface area contributed by atoms with Crippen molar-refractivity contribution in [1.82, 2.24) is 10.3 Å². The maximum Gasteiger partial charge on any atom is 0.329 e. The summed E-state index contributed by atoms with van der Waals surface area (Å²) in [5.74, 6) is -0.861. The standard InChI is InChI=1S/C22H22N2O3S/c1-15(2)19(24-20(25)16-9-5-3-6-10-16)22(26)27-13-18-14-28-21(23-18)17-11-7-4-8-12-17/h3-12,14-15,19H,13H2,1-2H3,(H,24,25)/t19-/m0/s1. The van der Waals surface area contributed by atoms with Gasteiger partial charge in [-0.25, -0.2) is 9.78 Å². The van der Waals surface area contributed by atoms with Gasteiger partial charge in [0.1, 0.15) is 17.7 Å². The van der Waals surface area contributed by atoms with Gasteiger partial charge in [-0.3, -0.25) is 4.79 Å². The van der Waals surface area contributed by atoms with Crippen molar-refractivity contribution >= 4 is 23.2 Å². The predicted molar refractivity (Wildman–Crippen MR) is 110 cm³/mol. The zero-order valence-electron chi connectivity index (χ0n) is 15.8. The molecule has 0 fully saturated rings. The molecular formula is C22H22N2O3S. The lowest BCUT2D eigenvalue weighted by atomic mass is 10.0. The first-order valence-corrected chi connectivity index (χ1v) is 9.95. The summed E-state index contributed by atoms with van der Waals surface area (Å²) in [5.41, 5.74) is 2.22. The van der Waals surface area contributed by atoms with Crippen molar-refractivity contribution in [2.45, 2.75) is 26.5 Å². The first kappa shape index (κ1) is 19.8. The summed E-state index contributed by atoms with van der Waals surface area (Å²) in [5, 5.41) is 5.53. The predicted octanol–water partition coefficient (Wildman–Crippen LogP) is 4.31. The third-order valence-corrected chi connectivity index (χ3v) is 5.12. The second-order valence-electron chi connectivity index (χ2n) is 6.68. The maximum absolute atomic E-state index is 12.5. The fraction of sp³-hybridized carbons (Fsp3) is 0.227.